The van der Waals surface area contributed by atoms with Crippen molar-refractivity contribution in [3.63, 3.8) is 0 Å². The number of hydrogen-bond acceptors (Lipinski definition) is 4. The fourth-order valence-electron chi connectivity index (χ4n) is 3.75. The quantitative estimate of drug-likeness (QED) is 0.541. The summed E-state index contributed by atoms with van der Waals surface area (Å²) in [7, 11) is 0. The first-order chi connectivity index (χ1) is 11.1. The summed E-state index contributed by atoms with van der Waals surface area (Å²) in [4.78, 5) is 19.4. The Morgan fingerprint density at radius 1 is 1.00 bits per heavy atom. The Morgan fingerprint density at radius 3 is 1.96 bits per heavy atom. The maximum Gasteiger partial charge on any atom is 0.289 e. The molecule has 0 saturated heterocycles. The van der Waals surface area contributed by atoms with Gasteiger partial charge in [-0.05, 0) is 25.7 Å². The second kappa shape index (κ2) is 8.41. The van der Waals surface area contributed by atoms with E-state index >= 15 is 0 Å². The summed E-state index contributed by atoms with van der Waals surface area (Å²) in [5, 5.41) is 0.430. The van der Waals surface area contributed by atoms with E-state index in [9.17, 15) is 4.79 Å². The Bertz CT molecular complexity index is 503. The SMILES string of the molecule is O=C(Sc1nc(Cl)c(Cl)s1)N(C1CCCCC1)C1CCCCC1. The molecule has 2 aliphatic carbocycles. The third-order valence-corrected chi connectivity index (χ3v) is 7.53. The lowest BCUT2D eigenvalue weighted by Gasteiger charge is -2.41. The number of hydrogen-bond donors (Lipinski definition) is 0. The minimum Gasteiger partial charge on any atom is -0.327 e. The summed E-state index contributed by atoms with van der Waals surface area (Å²) < 4.78 is 1.12. The van der Waals surface area contributed by atoms with E-state index < -0.39 is 0 Å². The zero-order chi connectivity index (χ0) is 16.2. The van der Waals surface area contributed by atoms with E-state index in [-0.39, 0.29) is 5.24 Å². The van der Waals surface area contributed by atoms with Crippen molar-refractivity contribution in [2.45, 2.75) is 80.6 Å². The molecule has 1 amide bonds. The molecule has 0 aliphatic heterocycles. The smallest absolute Gasteiger partial charge is 0.289 e. The van der Waals surface area contributed by atoms with Crippen LogP contribution in [0.15, 0.2) is 4.34 Å². The average Bonchev–Trinajstić information content (AvgIpc) is 2.87. The van der Waals surface area contributed by atoms with Crippen molar-refractivity contribution in [2.75, 3.05) is 0 Å². The van der Waals surface area contributed by atoms with Crippen LogP contribution in [0.3, 0.4) is 0 Å². The summed E-state index contributed by atoms with van der Waals surface area (Å²) in [6.45, 7) is 0. The third-order valence-electron chi connectivity index (χ3n) is 4.85. The summed E-state index contributed by atoms with van der Waals surface area (Å²) in [6, 6.07) is 0.801. The van der Waals surface area contributed by atoms with Crippen LogP contribution < -0.4 is 0 Å². The zero-order valence-electron chi connectivity index (χ0n) is 13.1. The van der Waals surface area contributed by atoms with Crippen LogP contribution in [0.5, 0.6) is 0 Å². The molecule has 0 aromatic carbocycles. The number of carbonyl (C=O) groups is 1. The van der Waals surface area contributed by atoms with Crippen molar-refractivity contribution in [1.29, 1.82) is 0 Å². The fraction of sp³-hybridized carbons (Fsp3) is 0.750. The molecule has 0 radical (unpaired) electrons. The van der Waals surface area contributed by atoms with Crippen molar-refractivity contribution in [3.05, 3.63) is 9.49 Å². The van der Waals surface area contributed by atoms with E-state index in [2.05, 4.69) is 9.88 Å². The van der Waals surface area contributed by atoms with Crippen LogP contribution in [-0.2, 0) is 0 Å². The Balaban J connectivity index is 1.73. The van der Waals surface area contributed by atoms with E-state index in [4.69, 9.17) is 23.2 Å². The Hall–Kier alpha value is 0.0300. The van der Waals surface area contributed by atoms with Gasteiger partial charge in [-0.2, -0.15) is 0 Å². The molecule has 1 heterocycles. The highest BCUT2D eigenvalue weighted by atomic mass is 35.5. The first kappa shape index (κ1) is 17.8. The van der Waals surface area contributed by atoms with Gasteiger partial charge in [-0.25, -0.2) is 4.98 Å². The van der Waals surface area contributed by atoms with Gasteiger partial charge in [-0.3, -0.25) is 4.79 Å². The highest BCUT2D eigenvalue weighted by molar-refractivity contribution is 8.14. The minimum atomic E-state index is 0.130. The van der Waals surface area contributed by atoms with Crippen LogP contribution in [-0.4, -0.2) is 27.2 Å². The predicted molar refractivity (Wildman–Crippen MR) is 99.0 cm³/mol. The standard InChI is InChI=1S/C16H22Cl2N2OS2/c17-13-14(18)22-15(19-13)23-16(21)20(11-7-3-1-4-8-11)12-9-5-2-6-10-12/h11-12H,1-10H2. The molecule has 0 spiro atoms. The summed E-state index contributed by atoms with van der Waals surface area (Å²) in [5.74, 6) is 0. The number of halogens is 2. The molecule has 3 rings (SSSR count). The van der Waals surface area contributed by atoms with E-state index in [1.165, 1.54) is 61.6 Å². The number of nitrogens with zero attached hydrogens (tertiary/aromatic N) is 2. The number of thioether (sulfide) groups is 1. The third kappa shape index (κ3) is 4.56. The van der Waals surface area contributed by atoms with Crippen LogP contribution in [0.2, 0.25) is 9.49 Å². The molecule has 0 unspecified atom stereocenters. The molecule has 0 atom stereocenters. The van der Waals surface area contributed by atoms with E-state index in [0.29, 0.717) is 25.9 Å². The van der Waals surface area contributed by atoms with Crippen LogP contribution in [0.4, 0.5) is 4.79 Å². The Labute approximate surface area is 156 Å². The minimum absolute atomic E-state index is 0.130. The molecule has 7 heteroatoms. The van der Waals surface area contributed by atoms with Crippen molar-refractivity contribution < 1.29 is 4.79 Å². The molecular weight excluding hydrogens is 371 g/mol. The maximum atomic E-state index is 13.0. The van der Waals surface area contributed by atoms with Gasteiger partial charge in [0.25, 0.3) is 5.24 Å². The van der Waals surface area contributed by atoms with Gasteiger partial charge in [0, 0.05) is 23.8 Å². The lowest BCUT2D eigenvalue weighted by molar-refractivity contribution is 0.122. The number of amides is 1. The van der Waals surface area contributed by atoms with E-state index in [1.807, 2.05) is 0 Å². The highest BCUT2D eigenvalue weighted by Crippen LogP contribution is 2.38. The van der Waals surface area contributed by atoms with Crippen molar-refractivity contribution >= 4 is 51.5 Å². The number of thiazole rings is 1. The first-order valence-electron chi connectivity index (χ1n) is 8.47. The Morgan fingerprint density at radius 2 is 1.52 bits per heavy atom. The number of rotatable bonds is 3. The fourth-order valence-corrected chi connectivity index (χ4v) is 6.19. The topological polar surface area (TPSA) is 33.2 Å². The molecule has 0 N–H and O–H groups in total. The molecule has 1 aromatic rings. The van der Waals surface area contributed by atoms with Gasteiger partial charge in [0.1, 0.15) is 4.34 Å². The van der Waals surface area contributed by atoms with E-state index in [1.54, 1.807) is 0 Å². The molecule has 2 saturated carbocycles. The normalized spacial score (nSPS) is 20.6. The van der Waals surface area contributed by atoms with Gasteiger partial charge in [0.2, 0.25) is 0 Å². The lowest BCUT2D eigenvalue weighted by atomic mass is 9.89. The summed E-state index contributed by atoms with van der Waals surface area (Å²) in [6.07, 6.45) is 12.1. The maximum absolute atomic E-state index is 13.0. The number of carbonyl (C=O) groups excluding carboxylic acids is 1. The molecule has 2 fully saturated rings. The van der Waals surface area contributed by atoms with Crippen molar-refractivity contribution in [2.24, 2.45) is 0 Å². The number of aromatic nitrogens is 1. The van der Waals surface area contributed by atoms with E-state index in [0.717, 1.165) is 25.7 Å². The molecule has 1 aromatic heterocycles. The van der Waals surface area contributed by atoms with Gasteiger partial charge in [-0.15, -0.1) is 0 Å². The van der Waals surface area contributed by atoms with Crippen LogP contribution in [0.25, 0.3) is 0 Å². The largest absolute Gasteiger partial charge is 0.327 e. The molecule has 0 bridgehead atoms. The van der Waals surface area contributed by atoms with Gasteiger partial charge >= 0.3 is 0 Å². The second-order valence-corrected chi connectivity index (χ2v) is 9.56. The first-order valence-corrected chi connectivity index (χ1v) is 10.9. The highest BCUT2D eigenvalue weighted by Gasteiger charge is 2.33. The van der Waals surface area contributed by atoms with Crippen molar-refractivity contribution in [1.82, 2.24) is 9.88 Å². The zero-order valence-corrected chi connectivity index (χ0v) is 16.2. The molecule has 2 aliphatic rings. The molecular formula is C16H22Cl2N2OS2. The Kier molecular flexibility index (Phi) is 6.53. The predicted octanol–water partition coefficient (Wildman–Crippen LogP) is 6.63. The lowest BCUT2D eigenvalue weighted by Crippen LogP contribution is -2.47. The summed E-state index contributed by atoms with van der Waals surface area (Å²) >= 11 is 14.4. The van der Waals surface area contributed by atoms with Crippen LogP contribution in [0.1, 0.15) is 64.2 Å². The molecule has 23 heavy (non-hydrogen) atoms. The van der Waals surface area contributed by atoms with Crippen molar-refractivity contribution in [3.8, 4) is 0 Å². The average molecular weight is 393 g/mol. The molecule has 3 nitrogen and oxygen atoms in total. The monoisotopic (exact) mass is 392 g/mol. The second-order valence-electron chi connectivity index (χ2n) is 6.40. The van der Waals surface area contributed by atoms with Gasteiger partial charge in [0.05, 0.1) is 0 Å². The van der Waals surface area contributed by atoms with Gasteiger partial charge in [0.15, 0.2) is 9.49 Å². The molecule has 128 valence electrons. The van der Waals surface area contributed by atoms with Gasteiger partial charge in [-0.1, -0.05) is 73.1 Å². The van der Waals surface area contributed by atoms with Crippen LogP contribution in [0, 0.1) is 0 Å². The van der Waals surface area contributed by atoms with Gasteiger partial charge < -0.3 is 4.90 Å². The summed E-state index contributed by atoms with van der Waals surface area (Å²) in [5.41, 5.74) is 0. The van der Waals surface area contributed by atoms with Crippen LogP contribution >= 0.6 is 46.3 Å².